The van der Waals surface area contributed by atoms with Crippen molar-refractivity contribution in [2.75, 3.05) is 5.32 Å². The predicted molar refractivity (Wildman–Crippen MR) is 55.6 cm³/mol. The van der Waals surface area contributed by atoms with Gasteiger partial charge in [-0.15, -0.1) is 16.7 Å². The SMILES string of the molecule is Cc1nnc(NC2CC(Cl)C2)nc1C. The lowest BCUT2D eigenvalue weighted by molar-refractivity contribution is 0.451. The Labute approximate surface area is 88.1 Å². The van der Waals surface area contributed by atoms with Gasteiger partial charge in [0.25, 0.3) is 0 Å². The van der Waals surface area contributed by atoms with Gasteiger partial charge < -0.3 is 5.32 Å². The third-order valence-electron chi connectivity index (χ3n) is 2.51. The van der Waals surface area contributed by atoms with E-state index in [9.17, 15) is 0 Å². The van der Waals surface area contributed by atoms with Crippen molar-refractivity contribution in [3.63, 3.8) is 0 Å². The number of hydrogen-bond acceptors (Lipinski definition) is 4. The molecule has 0 spiro atoms. The molecular weight excluding hydrogens is 200 g/mol. The van der Waals surface area contributed by atoms with E-state index in [0.29, 0.717) is 17.4 Å². The monoisotopic (exact) mass is 212 g/mol. The summed E-state index contributed by atoms with van der Waals surface area (Å²) in [5.41, 5.74) is 1.80. The predicted octanol–water partition coefficient (Wildman–Crippen LogP) is 1.67. The maximum Gasteiger partial charge on any atom is 0.243 e. The van der Waals surface area contributed by atoms with Crippen molar-refractivity contribution in [2.45, 2.75) is 38.1 Å². The quantitative estimate of drug-likeness (QED) is 0.758. The molecule has 1 N–H and O–H groups in total. The number of hydrogen-bond donors (Lipinski definition) is 1. The van der Waals surface area contributed by atoms with E-state index >= 15 is 0 Å². The summed E-state index contributed by atoms with van der Waals surface area (Å²) in [5.74, 6) is 0.613. The molecule has 1 aromatic heterocycles. The topological polar surface area (TPSA) is 50.7 Å². The Balaban J connectivity index is 2.00. The largest absolute Gasteiger partial charge is 0.350 e. The fourth-order valence-electron chi connectivity index (χ4n) is 1.37. The first-order valence-electron chi connectivity index (χ1n) is 4.73. The van der Waals surface area contributed by atoms with Crippen molar-refractivity contribution >= 4 is 17.5 Å². The highest BCUT2D eigenvalue weighted by Crippen LogP contribution is 2.27. The molecular formula is C9H13ClN4. The first-order chi connectivity index (χ1) is 6.65. The van der Waals surface area contributed by atoms with E-state index in [1.807, 2.05) is 13.8 Å². The van der Waals surface area contributed by atoms with E-state index in [-0.39, 0.29) is 0 Å². The van der Waals surface area contributed by atoms with Gasteiger partial charge in [0.2, 0.25) is 5.95 Å². The molecule has 5 heteroatoms. The number of aromatic nitrogens is 3. The number of nitrogens with zero attached hydrogens (tertiary/aromatic N) is 3. The highest BCUT2D eigenvalue weighted by molar-refractivity contribution is 6.21. The zero-order valence-corrected chi connectivity index (χ0v) is 9.04. The summed E-state index contributed by atoms with van der Waals surface area (Å²) in [5, 5.41) is 11.5. The Hall–Kier alpha value is -0.900. The number of nitrogens with one attached hydrogen (secondary N) is 1. The third-order valence-corrected chi connectivity index (χ3v) is 2.86. The summed E-state index contributed by atoms with van der Waals surface area (Å²) in [7, 11) is 0. The molecule has 0 radical (unpaired) electrons. The molecule has 4 nitrogen and oxygen atoms in total. The van der Waals surface area contributed by atoms with Gasteiger partial charge in [-0.05, 0) is 26.7 Å². The first-order valence-corrected chi connectivity index (χ1v) is 5.17. The standard InChI is InChI=1S/C9H13ClN4/c1-5-6(2)13-14-9(11-5)12-8-3-7(10)4-8/h7-8H,3-4H2,1-2H3,(H,11,12,14). The van der Waals surface area contributed by atoms with Crippen LogP contribution in [0.15, 0.2) is 0 Å². The summed E-state index contributed by atoms with van der Waals surface area (Å²) in [4.78, 5) is 4.29. The minimum atomic E-state index is 0.312. The van der Waals surface area contributed by atoms with Gasteiger partial charge in [0.15, 0.2) is 0 Å². The second kappa shape index (κ2) is 3.69. The van der Waals surface area contributed by atoms with E-state index in [2.05, 4.69) is 20.5 Å². The second-order valence-corrected chi connectivity index (χ2v) is 4.33. The van der Waals surface area contributed by atoms with Gasteiger partial charge in [0.05, 0.1) is 11.4 Å². The minimum absolute atomic E-state index is 0.312. The average Bonchev–Trinajstić information content (AvgIpc) is 2.09. The summed E-state index contributed by atoms with van der Waals surface area (Å²) in [6, 6.07) is 0.418. The van der Waals surface area contributed by atoms with Gasteiger partial charge in [-0.2, -0.15) is 5.10 Å². The van der Waals surface area contributed by atoms with Gasteiger partial charge in [-0.1, -0.05) is 0 Å². The Kier molecular flexibility index (Phi) is 2.54. The van der Waals surface area contributed by atoms with Gasteiger partial charge >= 0.3 is 0 Å². The number of aryl methyl sites for hydroxylation is 2. The molecule has 0 aromatic carbocycles. The van der Waals surface area contributed by atoms with Crippen LogP contribution in [0.3, 0.4) is 0 Å². The van der Waals surface area contributed by atoms with E-state index in [0.717, 1.165) is 24.2 Å². The van der Waals surface area contributed by atoms with E-state index in [1.54, 1.807) is 0 Å². The van der Waals surface area contributed by atoms with Crippen molar-refractivity contribution in [1.82, 2.24) is 15.2 Å². The Morgan fingerprint density at radius 3 is 2.50 bits per heavy atom. The van der Waals surface area contributed by atoms with Crippen molar-refractivity contribution in [2.24, 2.45) is 0 Å². The molecule has 0 saturated heterocycles. The van der Waals surface area contributed by atoms with Gasteiger partial charge in [-0.3, -0.25) is 0 Å². The van der Waals surface area contributed by atoms with Crippen LogP contribution in [0.4, 0.5) is 5.95 Å². The number of rotatable bonds is 2. The van der Waals surface area contributed by atoms with Crippen LogP contribution in [0.1, 0.15) is 24.2 Å². The number of anilines is 1. The van der Waals surface area contributed by atoms with Crippen LogP contribution in [0, 0.1) is 13.8 Å². The van der Waals surface area contributed by atoms with Crippen LogP contribution < -0.4 is 5.32 Å². The molecule has 1 heterocycles. The zero-order valence-electron chi connectivity index (χ0n) is 8.29. The Morgan fingerprint density at radius 2 is 1.93 bits per heavy atom. The summed E-state index contributed by atoms with van der Waals surface area (Å²) >= 11 is 5.87. The fraction of sp³-hybridized carbons (Fsp3) is 0.667. The van der Waals surface area contributed by atoms with Gasteiger partial charge in [0, 0.05) is 11.4 Å². The zero-order chi connectivity index (χ0) is 10.1. The molecule has 1 aliphatic rings. The molecule has 1 saturated carbocycles. The maximum atomic E-state index is 5.87. The number of alkyl halides is 1. The molecule has 76 valence electrons. The molecule has 0 bridgehead atoms. The van der Waals surface area contributed by atoms with Crippen LogP contribution in [0.25, 0.3) is 0 Å². The fourth-order valence-corrected chi connectivity index (χ4v) is 1.80. The highest BCUT2D eigenvalue weighted by atomic mass is 35.5. The lowest BCUT2D eigenvalue weighted by Gasteiger charge is -2.31. The smallest absolute Gasteiger partial charge is 0.243 e. The van der Waals surface area contributed by atoms with Crippen LogP contribution in [-0.2, 0) is 0 Å². The highest BCUT2D eigenvalue weighted by Gasteiger charge is 2.27. The van der Waals surface area contributed by atoms with Crippen LogP contribution in [0.2, 0.25) is 0 Å². The molecule has 2 rings (SSSR count). The van der Waals surface area contributed by atoms with Crippen molar-refractivity contribution in [3.8, 4) is 0 Å². The van der Waals surface area contributed by atoms with Gasteiger partial charge in [-0.25, -0.2) is 4.98 Å². The molecule has 1 fully saturated rings. The molecule has 0 aliphatic heterocycles. The Bertz CT molecular complexity index is 336. The van der Waals surface area contributed by atoms with Crippen LogP contribution >= 0.6 is 11.6 Å². The summed E-state index contributed by atoms with van der Waals surface area (Å²) < 4.78 is 0. The second-order valence-electron chi connectivity index (χ2n) is 3.72. The Morgan fingerprint density at radius 1 is 1.21 bits per heavy atom. The summed E-state index contributed by atoms with van der Waals surface area (Å²) in [6.07, 6.45) is 1.97. The third kappa shape index (κ3) is 1.95. The molecule has 14 heavy (non-hydrogen) atoms. The number of halogens is 1. The van der Waals surface area contributed by atoms with E-state index < -0.39 is 0 Å². The normalized spacial score (nSPS) is 25.6. The maximum absolute atomic E-state index is 5.87. The molecule has 0 unspecified atom stereocenters. The lowest BCUT2D eigenvalue weighted by Crippen LogP contribution is -2.36. The van der Waals surface area contributed by atoms with Crippen molar-refractivity contribution in [1.29, 1.82) is 0 Å². The molecule has 1 aliphatic carbocycles. The van der Waals surface area contributed by atoms with Crippen molar-refractivity contribution in [3.05, 3.63) is 11.4 Å². The van der Waals surface area contributed by atoms with Crippen molar-refractivity contribution < 1.29 is 0 Å². The van der Waals surface area contributed by atoms with E-state index in [1.165, 1.54) is 0 Å². The first kappa shape index (κ1) is 9.65. The summed E-state index contributed by atoms with van der Waals surface area (Å²) in [6.45, 7) is 3.83. The molecule has 0 amide bonds. The minimum Gasteiger partial charge on any atom is -0.350 e. The average molecular weight is 213 g/mol. The van der Waals surface area contributed by atoms with Crippen LogP contribution in [-0.4, -0.2) is 26.6 Å². The van der Waals surface area contributed by atoms with Gasteiger partial charge in [0.1, 0.15) is 0 Å². The van der Waals surface area contributed by atoms with E-state index in [4.69, 9.17) is 11.6 Å². The van der Waals surface area contributed by atoms with Crippen LogP contribution in [0.5, 0.6) is 0 Å². The molecule has 1 aromatic rings. The molecule has 0 atom stereocenters. The lowest BCUT2D eigenvalue weighted by atomic mass is 9.93.